The molecule has 0 aliphatic carbocycles. The minimum Gasteiger partial charge on any atom is -0.323 e. The minimum atomic E-state index is -0.000185. The summed E-state index contributed by atoms with van der Waals surface area (Å²) < 4.78 is 0. The highest BCUT2D eigenvalue weighted by Crippen LogP contribution is 2.42. The van der Waals surface area contributed by atoms with E-state index in [-0.39, 0.29) is 11.5 Å². The Labute approximate surface area is 129 Å². The maximum atomic E-state index is 6.80. The van der Waals surface area contributed by atoms with Gasteiger partial charge in [0, 0.05) is 11.5 Å². The SMILES string of the molecule is CCC(CC)(c1ccccc1)C(N)c1cccc(C)c1C. The van der Waals surface area contributed by atoms with E-state index in [4.69, 9.17) is 5.73 Å². The van der Waals surface area contributed by atoms with E-state index in [0.717, 1.165) is 12.8 Å². The molecular formula is C20H27N. The van der Waals surface area contributed by atoms with Gasteiger partial charge in [-0.25, -0.2) is 0 Å². The molecule has 21 heavy (non-hydrogen) atoms. The molecule has 112 valence electrons. The molecule has 0 aromatic heterocycles. The summed E-state index contributed by atoms with van der Waals surface area (Å²) in [7, 11) is 0. The first-order valence-electron chi connectivity index (χ1n) is 7.94. The lowest BCUT2D eigenvalue weighted by molar-refractivity contribution is 0.321. The zero-order chi connectivity index (χ0) is 15.5. The van der Waals surface area contributed by atoms with Gasteiger partial charge in [-0.15, -0.1) is 0 Å². The van der Waals surface area contributed by atoms with Crippen LogP contribution in [0.25, 0.3) is 0 Å². The van der Waals surface area contributed by atoms with Crippen molar-refractivity contribution in [3.05, 3.63) is 70.8 Å². The van der Waals surface area contributed by atoms with E-state index in [1.165, 1.54) is 22.3 Å². The fourth-order valence-electron chi connectivity index (χ4n) is 3.46. The van der Waals surface area contributed by atoms with Crippen molar-refractivity contribution in [3.63, 3.8) is 0 Å². The number of hydrogen-bond donors (Lipinski definition) is 1. The second-order valence-electron chi connectivity index (χ2n) is 6.00. The van der Waals surface area contributed by atoms with E-state index in [9.17, 15) is 0 Å². The number of rotatable bonds is 5. The van der Waals surface area contributed by atoms with Gasteiger partial charge in [-0.3, -0.25) is 0 Å². The molecule has 0 saturated heterocycles. The van der Waals surface area contributed by atoms with Crippen molar-refractivity contribution in [2.75, 3.05) is 0 Å². The van der Waals surface area contributed by atoms with E-state index in [0.29, 0.717) is 0 Å². The molecule has 0 saturated carbocycles. The van der Waals surface area contributed by atoms with E-state index < -0.39 is 0 Å². The Morgan fingerprint density at radius 2 is 1.52 bits per heavy atom. The lowest BCUT2D eigenvalue weighted by Crippen LogP contribution is -2.38. The molecule has 1 nitrogen and oxygen atoms in total. The van der Waals surface area contributed by atoms with Gasteiger partial charge in [0.05, 0.1) is 0 Å². The molecule has 0 heterocycles. The lowest BCUT2D eigenvalue weighted by atomic mass is 9.67. The first-order valence-corrected chi connectivity index (χ1v) is 7.94. The summed E-state index contributed by atoms with van der Waals surface area (Å²) in [5, 5.41) is 0. The summed E-state index contributed by atoms with van der Waals surface area (Å²) in [5.74, 6) is 0. The summed E-state index contributed by atoms with van der Waals surface area (Å²) in [6.45, 7) is 8.85. The number of aryl methyl sites for hydroxylation is 1. The van der Waals surface area contributed by atoms with Crippen LogP contribution < -0.4 is 5.73 Å². The third-order valence-electron chi connectivity index (χ3n) is 5.19. The predicted molar refractivity (Wildman–Crippen MR) is 91.5 cm³/mol. The van der Waals surface area contributed by atoms with Crippen LogP contribution in [0.3, 0.4) is 0 Å². The first kappa shape index (κ1) is 15.8. The maximum Gasteiger partial charge on any atom is 0.0395 e. The molecule has 0 amide bonds. The normalized spacial score (nSPS) is 13.2. The molecule has 0 aliphatic rings. The minimum absolute atomic E-state index is 0.000185. The van der Waals surface area contributed by atoms with Gasteiger partial charge in [-0.05, 0) is 48.9 Å². The molecule has 1 unspecified atom stereocenters. The molecule has 1 atom stereocenters. The summed E-state index contributed by atoms with van der Waals surface area (Å²) in [4.78, 5) is 0. The highest BCUT2D eigenvalue weighted by Gasteiger charge is 2.36. The molecule has 0 bridgehead atoms. The molecule has 0 aliphatic heterocycles. The van der Waals surface area contributed by atoms with Crippen molar-refractivity contribution < 1.29 is 0 Å². The summed E-state index contributed by atoms with van der Waals surface area (Å²) >= 11 is 0. The van der Waals surface area contributed by atoms with Crippen LogP contribution in [0.4, 0.5) is 0 Å². The Kier molecular flexibility index (Phi) is 4.84. The average molecular weight is 281 g/mol. The van der Waals surface area contributed by atoms with Crippen LogP contribution in [0.2, 0.25) is 0 Å². The Balaban J connectivity index is 2.55. The van der Waals surface area contributed by atoms with Crippen molar-refractivity contribution in [2.24, 2.45) is 5.73 Å². The van der Waals surface area contributed by atoms with Crippen LogP contribution in [0.1, 0.15) is 55.0 Å². The number of benzene rings is 2. The predicted octanol–water partition coefficient (Wildman–Crippen LogP) is 5.06. The maximum absolute atomic E-state index is 6.80. The van der Waals surface area contributed by atoms with Gasteiger partial charge >= 0.3 is 0 Å². The fraction of sp³-hybridized carbons (Fsp3) is 0.400. The standard InChI is InChI=1S/C20H27N/c1-5-20(6-2,17-12-8-7-9-13-17)19(21)18-14-10-11-15(3)16(18)4/h7-14,19H,5-6,21H2,1-4H3. The monoisotopic (exact) mass is 281 g/mol. The topological polar surface area (TPSA) is 26.0 Å². The summed E-state index contributed by atoms with van der Waals surface area (Å²) in [6, 6.07) is 17.2. The largest absolute Gasteiger partial charge is 0.323 e. The molecule has 2 aromatic carbocycles. The third-order valence-corrected chi connectivity index (χ3v) is 5.19. The molecular weight excluding hydrogens is 254 g/mol. The Bertz CT molecular complexity index is 582. The van der Waals surface area contributed by atoms with Gasteiger partial charge in [0.2, 0.25) is 0 Å². The van der Waals surface area contributed by atoms with E-state index in [1.54, 1.807) is 0 Å². The fourth-order valence-corrected chi connectivity index (χ4v) is 3.46. The van der Waals surface area contributed by atoms with Gasteiger partial charge in [-0.2, -0.15) is 0 Å². The van der Waals surface area contributed by atoms with Crippen LogP contribution in [0.15, 0.2) is 48.5 Å². The van der Waals surface area contributed by atoms with Crippen molar-refractivity contribution in [1.82, 2.24) is 0 Å². The van der Waals surface area contributed by atoms with Crippen molar-refractivity contribution in [1.29, 1.82) is 0 Å². The van der Waals surface area contributed by atoms with Gasteiger partial charge < -0.3 is 5.73 Å². The van der Waals surface area contributed by atoms with Crippen LogP contribution in [-0.4, -0.2) is 0 Å². The molecule has 2 aromatic rings. The van der Waals surface area contributed by atoms with Crippen molar-refractivity contribution >= 4 is 0 Å². The molecule has 0 spiro atoms. The molecule has 0 fully saturated rings. The summed E-state index contributed by atoms with van der Waals surface area (Å²) in [6.07, 6.45) is 2.09. The molecule has 1 heteroatoms. The summed E-state index contributed by atoms with van der Waals surface area (Å²) in [5.41, 5.74) is 12.1. The average Bonchev–Trinajstić information content (AvgIpc) is 2.53. The Morgan fingerprint density at radius 3 is 2.10 bits per heavy atom. The second-order valence-corrected chi connectivity index (χ2v) is 6.00. The Morgan fingerprint density at radius 1 is 0.905 bits per heavy atom. The zero-order valence-electron chi connectivity index (χ0n) is 13.7. The van der Waals surface area contributed by atoms with Gasteiger partial charge in [-0.1, -0.05) is 62.4 Å². The molecule has 2 rings (SSSR count). The van der Waals surface area contributed by atoms with E-state index in [1.807, 2.05) is 0 Å². The van der Waals surface area contributed by atoms with Gasteiger partial charge in [0.15, 0.2) is 0 Å². The lowest BCUT2D eigenvalue weighted by Gasteiger charge is -2.39. The van der Waals surface area contributed by atoms with Crippen molar-refractivity contribution in [3.8, 4) is 0 Å². The molecule has 2 N–H and O–H groups in total. The number of nitrogens with two attached hydrogens (primary N) is 1. The van der Waals surface area contributed by atoms with Crippen LogP contribution in [0, 0.1) is 13.8 Å². The van der Waals surface area contributed by atoms with Gasteiger partial charge in [0.1, 0.15) is 0 Å². The van der Waals surface area contributed by atoms with Crippen molar-refractivity contribution in [2.45, 2.75) is 52.0 Å². The zero-order valence-corrected chi connectivity index (χ0v) is 13.7. The van der Waals surface area contributed by atoms with Crippen LogP contribution in [-0.2, 0) is 5.41 Å². The van der Waals surface area contributed by atoms with Crippen LogP contribution in [0.5, 0.6) is 0 Å². The smallest absolute Gasteiger partial charge is 0.0395 e. The van der Waals surface area contributed by atoms with Crippen LogP contribution >= 0.6 is 0 Å². The third kappa shape index (κ3) is 2.75. The van der Waals surface area contributed by atoms with E-state index >= 15 is 0 Å². The van der Waals surface area contributed by atoms with Gasteiger partial charge in [0.25, 0.3) is 0 Å². The highest BCUT2D eigenvalue weighted by molar-refractivity contribution is 5.40. The molecule has 0 radical (unpaired) electrons. The quantitative estimate of drug-likeness (QED) is 0.814. The second kappa shape index (κ2) is 6.44. The first-order chi connectivity index (χ1) is 10.1. The van der Waals surface area contributed by atoms with E-state index in [2.05, 4.69) is 76.2 Å². The Hall–Kier alpha value is -1.60. The number of hydrogen-bond acceptors (Lipinski definition) is 1. The highest BCUT2D eigenvalue weighted by atomic mass is 14.7.